The number of piperazine rings is 1. The lowest BCUT2D eigenvalue weighted by molar-refractivity contribution is 0.218. The summed E-state index contributed by atoms with van der Waals surface area (Å²) in [6, 6.07) is 15.5. The first kappa shape index (κ1) is 19.8. The van der Waals surface area contributed by atoms with Crippen LogP contribution in [0, 0.1) is 0 Å². The lowest BCUT2D eigenvalue weighted by atomic mass is 10.0. The van der Waals surface area contributed by atoms with Crippen LogP contribution in [0.3, 0.4) is 0 Å². The number of aromatic nitrogens is 2. The highest BCUT2D eigenvalue weighted by atomic mass is 16.5. The summed E-state index contributed by atoms with van der Waals surface area (Å²) in [6.45, 7) is 8.08. The van der Waals surface area contributed by atoms with Crippen LogP contribution >= 0.6 is 0 Å². The Hall–Kier alpha value is -2.83. The normalized spacial score (nSPS) is 18.7. The van der Waals surface area contributed by atoms with Gasteiger partial charge in [-0.3, -0.25) is 9.47 Å². The fourth-order valence-electron chi connectivity index (χ4n) is 5.14. The van der Waals surface area contributed by atoms with E-state index in [9.17, 15) is 0 Å². The first-order chi connectivity index (χ1) is 15.8. The zero-order valence-electron chi connectivity index (χ0n) is 18.6. The highest BCUT2D eigenvalue weighted by Crippen LogP contribution is 2.35. The van der Waals surface area contributed by atoms with E-state index in [0.717, 1.165) is 55.7 Å². The van der Waals surface area contributed by atoms with Crippen LogP contribution in [0.1, 0.15) is 30.8 Å². The smallest absolute Gasteiger partial charge is 0.151 e. The van der Waals surface area contributed by atoms with Gasteiger partial charge < -0.3 is 15.0 Å². The number of nitrogens with zero attached hydrogens (tertiary/aromatic N) is 4. The molecule has 32 heavy (non-hydrogen) atoms. The molecule has 0 spiro atoms. The van der Waals surface area contributed by atoms with Crippen molar-refractivity contribution in [2.24, 2.45) is 0 Å². The Morgan fingerprint density at radius 2 is 1.66 bits per heavy atom. The minimum absolute atomic E-state index is 0.526. The van der Waals surface area contributed by atoms with Gasteiger partial charge in [-0.15, -0.1) is 0 Å². The highest BCUT2D eigenvalue weighted by Gasteiger charge is 2.21. The summed E-state index contributed by atoms with van der Waals surface area (Å²) >= 11 is 0. The van der Waals surface area contributed by atoms with E-state index in [-0.39, 0.29) is 0 Å². The van der Waals surface area contributed by atoms with Gasteiger partial charge in [0, 0.05) is 44.6 Å². The summed E-state index contributed by atoms with van der Waals surface area (Å²) in [5.41, 5.74) is 5.94. The van der Waals surface area contributed by atoms with Crippen molar-refractivity contribution in [2.45, 2.75) is 32.4 Å². The molecule has 1 N–H and O–H groups in total. The molecule has 2 fully saturated rings. The summed E-state index contributed by atoms with van der Waals surface area (Å²) in [5.74, 6) is 1.93. The molecule has 6 nitrogen and oxygen atoms in total. The molecule has 0 radical (unpaired) electrons. The molecule has 6 rings (SSSR count). The van der Waals surface area contributed by atoms with Crippen LogP contribution in [0.4, 0.5) is 5.69 Å². The largest absolute Gasteiger partial charge is 0.483 e. The minimum Gasteiger partial charge on any atom is -0.483 e. The molecular formula is C26H31N5O. The van der Waals surface area contributed by atoms with Gasteiger partial charge in [0.2, 0.25) is 0 Å². The third-order valence-electron chi connectivity index (χ3n) is 6.92. The Balaban J connectivity index is 1.22. The Morgan fingerprint density at radius 1 is 0.875 bits per heavy atom. The van der Waals surface area contributed by atoms with Crippen molar-refractivity contribution in [3.05, 3.63) is 60.2 Å². The Labute approximate surface area is 189 Å². The molecule has 0 bridgehead atoms. The average Bonchev–Trinajstić information content (AvgIpc) is 3.28. The molecule has 4 heterocycles. The van der Waals surface area contributed by atoms with Gasteiger partial charge in [-0.1, -0.05) is 24.6 Å². The average molecular weight is 430 g/mol. The molecule has 3 aliphatic heterocycles. The Bertz CT molecular complexity index is 1080. The maximum Gasteiger partial charge on any atom is 0.151 e. The molecule has 0 unspecified atom stereocenters. The SMILES string of the molecule is c1cc(N2CCNCC2)ccc1-c1ccc2c(c1)OCc1nc(CN3CCCCC3)cn1-2. The monoisotopic (exact) mass is 429 g/mol. The summed E-state index contributed by atoms with van der Waals surface area (Å²) in [7, 11) is 0. The molecule has 166 valence electrons. The number of hydrogen-bond donors (Lipinski definition) is 1. The molecule has 0 aliphatic carbocycles. The second kappa shape index (κ2) is 8.60. The Kier molecular flexibility index (Phi) is 5.33. The number of anilines is 1. The van der Waals surface area contributed by atoms with Crippen LogP contribution in [0.25, 0.3) is 16.8 Å². The van der Waals surface area contributed by atoms with Gasteiger partial charge in [0.1, 0.15) is 12.4 Å². The van der Waals surface area contributed by atoms with E-state index < -0.39 is 0 Å². The van der Waals surface area contributed by atoms with Crippen molar-refractivity contribution < 1.29 is 4.74 Å². The molecule has 2 aromatic carbocycles. The zero-order valence-corrected chi connectivity index (χ0v) is 18.6. The summed E-state index contributed by atoms with van der Waals surface area (Å²) in [6.07, 6.45) is 6.17. The molecule has 3 aromatic rings. The fourth-order valence-corrected chi connectivity index (χ4v) is 5.14. The van der Waals surface area contributed by atoms with Gasteiger partial charge in [-0.05, 0) is 61.3 Å². The third kappa shape index (κ3) is 3.89. The molecule has 2 saturated heterocycles. The predicted octanol–water partition coefficient (Wildman–Crippen LogP) is 3.83. The van der Waals surface area contributed by atoms with Crippen LogP contribution in [0.5, 0.6) is 5.75 Å². The standard InChI is InChI=1S/C26H31N5O/c1-2-12-29(13-3-1)17-22-18-31-24-9-6-21(16-25(24)32-19-26(31)28-22)20-4-7-23(8-5-20)30-14-10-27-11-15-30/h4-9,16,18,27H,1-3,10-15,17,19H2. The number of fused-ring (bicyclic) bond motifs is 3. The van der Waals surface area contributed by atoms with Crippen molar-refractivity contribution in [2.75, 3.05) is 44.2 Å². The van der Waals surface area contributed by atoms with E-state index in [4.69, 9.17) is 9.72 Å². The van der Waals surface area contributed by atoms with Crippen LogP contribution in [-0.2, 0) is 13.2 Å². The van der Waals surface area contributed by atoms with Gasteiger partial charge in [0.05, 0.1) is 11.4 Å². The van der Waals surface area contributed by atoms with E-state index >= 15 is 0 Å². The van der Waals surface area contributed by atoms with E-state index in [0.29, 0.717) is 6.61 Å². The van der Waals surface area contributed by atoms with Crippen molar-refractivity contribution in [1.82, 2.24) is 19.8 Å². The topological polar surface area (TPSA) is 45.6 Å². The Morgan fingerprint density at radius 3 is 2.47 bits per heavy atom. The number of hydrogen-bond acceptors (Lipinski definition) is 5. The van der Waals surface area contributed by atoms with Crippen molar-refractivity contribution in [3.63, 3.8) is 0 Å². The zero-order chi connectivity index (χ0) is 21.3. The summed E-state index contributed by atoms with van der Waals surface area (Å²) in [5, 5.41) is 3.42. The first-order valence-electron chi connectivity index (χ1n) is 12.0. The van der Waals surface area contributed by atoms with Crippen molar-refractivity contribution >= 4 is 5.69 Å². The first-order valence-corrected chi connectivity index (χ1v) is 12.0. The van der Waals surface area contributed by atoms with Gasteiger partial charge in [-0.25, -0.2) is 4.98 Å². The highest BCUT2D eigenvalue weighted by molar-refractivity contribution is 5.70. The molecular weight excluding hydrogens is 398 g/mol. The van der Waals surface area contributed by atoms with E-state index in [1.54, 1.807) is 0 Å². The van der Waals surface area contributed by atoms with Gasteiger partial charge in [0.25, 0.3) is 0 Å². The van der Waals surface area contributed by atoms with E-state index in [2.05, 4.69) is 68.3 Å². The third-order valence-corrected chi connectivity index (χ3v) is 6.92. The van der Waals surface area contributed by atoms with Crippen molar-refractivity contribution in [1.29, 1.82) is 0 Å². The number of rotatable bonds is 4. The molecule has 0 atom stereocenters. The molecule has 3 aliphatic rings. The lowest BCUT2D eigenvalue weighted by Gasteiger charge is -2.29. The quantitative estimate of drug-likeness (QED) is 0.683. The van der Waals surface area contributed by atoms with Gasteiger partial charge in [-0.2, -0.15) is 0 Å². The van der Waals surface area contributed by atoms with Crippen molar-refractivity contribution in [3.8, 4) is 22.6 Å². The molecule has 0 saturated carbocycles. The van der Waals surface area contributed by atoms with E-state index in [1.807, 2.05) is 0 Å². The van der Waals surface area contributed by atoms with Crippen LogP contribution in [-0.4, -0.2) is 53.7 Å². The maximum absolute atomic E-state index is 6.12. The fraction of sp³-hybridized carbons (Fsp3) is 0.423. The molecule has 6 heteroatoms. The number of benzene rings is 2. The second-order valence-corrected chi connectivity index (χ2v) is 9.11. The van der Waals surface area contributed by atoms with Crippen LogP contribution in [0.15, 0.2) is 48.7 Å². The van der Waals surface area contributed by atoms with Crippen LogP contribution in [0.2, 0.25) is 0 Å². The summed E-state index contributed by atoms with van der Waals surface area (Å²) < 4.78 is 8.34. The predicted molar refractivity (Wildman–Crippen MR) is 128 cm³/mol. The lowest BCUT2D eigenvalue weighted by Crippen LogP contribution is -2.43. The van der Waals surface area contributed by atoms with E-state index in [1.165, 1.54) is 49.2 Å². The number of ether oxygens (including phenoxy) is 1. The number of nitrogens with one attached hydrogen (secondary N) is 1. The molecule has 0 amide bonds. The van der Waals surface area contributed by atoms with Crippen LogP contribution < -0.4 is 15.0 Å². The minimum atomic E-state index is 0.526. The summed E-state index contributed by atoms with van der Waals surface area (Å²) in [4.78, 5) is 9.83. The molecule has 1 aromatic heterocycles. The maximum atomic E-state index is 6.12. The van der Waals surface area contributed by atoms with Gasteiger partial charge in [0.15, 0.2) is 5.82 Å². The van der Waals surface area contributed by atoms with Gasteiger partial charge >= 0.3 is 0 Å². The second-order valence-electron chi connectivity index (χ2n) is 9.11. The number of imidazole rings is 1. The number of piperidine rings is 1. The number of likely N-dealkylation sites (tertiary alicyclic amines) is 1.